The molecule has 7 N–H and O–H groups in total. The summed E-state index contributed by atoms with van der Waals surface area (Å²) in [6, 6.07) is 12.6. The van der Waals surface area contributed by atoms with Crippen molar-refractivity contribution in [3.05, 3.63) is 71.3 Å². The lowest BCUT2D eigenvalue weighted by Gasteiger charge is -2.31. The SMILES string of the molecule is CC(=O)Oc1cccc(C(=O)NCCNC(=O)CN2CCNCCN(CC(=O)NCCNC(=O)c3cccc(OC(C)=O)c3OC(C)=O)CCN(CC(=O)NCCNC(=O)c3cccc(OC(C)=O)c3OC(C)=O)CC2)c1OC(C)=O. The zero-order chi connectivity index (χ0) is 59.4. The van der Waals surface area contributed by atoms with Crippen LogP contribution in [-0.2, 0) is 43.2 Å². The summed E-state index contributed by atoms with van der Waals surface area (Å²) in [5.74, 6) is -8.58. The van der Waals surface area contributed by atoms with Crippen molar-refractivity contribution in [3.63, 3.8) is 0 Å². The minimum atomic E-state index is -0.757. The first kappa shape index (κ1) is 64.7. The number of ether oxygens (including phenoxy) is 6. The molecule has 4 rings (SSSR count). The Morgan fingerprint density at radius 2 is 0.605 bits per heavy atom. The molecule has 6 amide bonds. The van der Waals surface area contributed by atoms with Crippen LogP contribution in [0.4, 0.5) is 0 Å². The van der Waals surface area contributed by atoms with Crippen LogP contribution in [-0.4, -0.2) is 197 Å². The van der Waals surface area contributed by atoms with Gasteiger partial charge in [-0.3, -0.25) is 72.2 Å². The normalized spacial score (nSPS) is 13.3. The van der Waals surface area contributed by atoms with E-state index in [4.69, 9.17) is 28.4 Å². The first-order chi connectivity index (χ1) is 38.6. The van der Waals surface area contributed by atoms with Crippen LogP contribution in [0.15, 0.2) is 54.6 Å². The van der Waals surface area contributed by atoms with Crippen molar-refractivity contribution >= 4 is 71.3 Å². The number of carbonyl (C=O) groups excluding carboxylic acids is 12. The summed E-state index contributed by atoms with van der Waals surface area (Å²) in [5.41, 5.74) is -0.238. The quantitative estimate of drug-likeness (QED) is 0.0311. The van der Waals surface area contributed by atoms with Crippen LogP contribution in [0.3, 0.4) is 0 Å². The van der Waals surface area contributed by atoms with Gasteiger partial charge in [0.05, 0.1) is 36.3 Å². The average molecular weight is 1130 g/mol. The van der Waals surface area contributed by atoms with Gasteiger partial charge in [0, 0.05) is 133 Å². The highest BCUT2D eigenvalue weighted by Crippen LogP contribution is 2.34. The number of carbonyl (C=O) groups is 12. The number of hydrogen-bond donors (Lipinski definition) is 7. The van der Waals surface area contributed by atoms with E-state index in [1.165, 1.54) is 54.6 Å². The van der Waals surface area contributed by atoms with Gasteiger partial charge >= 0.3 is 35.8 Å². The average Bonchev–Trinajstić information content (AvgIpc) is 3.39. The van der Waals surface area contributed by atoms with Gasteiger partial charge in [-0.05, 0) is 36.4 Å². The molecule has 28 heteroatoms. The molecule has 3 aromatic rings. The Hall–Kier alpha value is -8.86. The highest BCUT2D eigenvalue weighted by molar-refractivity contribution is 6.00. The van der Waals surface area contributed by atoms with Crippen LogP contribution in [0.1, 0.15) is 72.6 Å². The molecule has 1 saturated heterocycles. The maximum Gasteiger partial charge on any atom is 0.308 e. The summed E-state index contributed by atoms with van der Waals surface area (Å²) >= 11 is 0. The smallest absolute Gasteiger partial charge is 0.308 e. The minimum Gasteiger partial charge on any atom is -0.423 e. The molecule has 0 spiro atoms. The molecule has 0 atom stereocenters. The van der Waals surface area contributed by atoms with Crippen LogP contribution in [0.5, 0.6) is 34.5 Å². The number of rotatable bonds is 24. The van der Waals surface area contributed by atoms with E-state index in [0.717, 1.165) is 41.5 Å². The van der Waals surface area contributed by atoms with Gasteiger partial charge in [0.25, 0.3) is 17.7 Å². The van der Waals surface area contributed by atoms with E-state index < -0.39 is 59.4 Å². The Morgan fingerprint density at radius 1 is 0.358 bits per heavy atom. The third-order valence-electron chi connectivity index (χ3n) is 11.1. The Bertz CT molecular complexity index is 2660. The number of nitrogens with one attached hydrogen (secondary N) is 7. The van der Waals surface area contributed by atoms with Crippen LogP contribution >= 0.6 is 0 Å². The van der Waals surface area contributed by atoms with E-state index in [1.807, 2.05) is 14.7 Å². The van der Waals surface area contributed by atoms with Gasteiger partial charge in [-0.25, -0.2) is 0 Å². The van der Waals surface area contributed by atoms with Crippen molar-refractivity contribution in [1.29, 1.82) is 0 Å². The molecular formula is C53H68N10O18. The third kappa shape index (κ3) is 23.6. The lowest BCUT2D eigenvalue weighted by Crippen LogP contribution is -2.50. The van der Waals surface area contributed by atoms with Gasteiger partial charge in [-0.1, -0.05) is 18.2 Å². The number of hydrogen-bond acceptors (Lipinski definition) is 22. The molecule has 0 radical (unpaired) electrons. The van der Waals surface area contributed by atoms with Crippen molar-refractivity contribution in [3.8, 4) is 34.5 Å². The molecule has 1 aliphatic heterocycles. The molecule has 438 valence electrons. The number of esters is 6. The Balaban J connectivity index is 1.37. The number of amides is 6. The maximum atomic E-state index is 13.5. The molecule has 81 heavy (non-hydrogen) atoms. The topological polar surface area (TPSA) is 354 Å². The first-order valence-corrected chi connectivity index (χ1v) is 25.6. The predicted molar refractivity (Wildman–Crippen MR) is 285 cm³/mol. The van der Waals surface area contributed by atoms with Gasteiger partial charge in [0.1, 0.15) is 0 Å². The summed E-state index contributed by atoms with van der Waals surface area (Å²) in [7, 11) is 0. The van der Waals surface area contributed by atoms with Gasteiger partial charge < -0.3 is 65.6 Å². The molecule has 0 saturated carbocycles. The third-order valence-corrected chi connectivity index (χ3v) is 11.1. The molecule has 1 fully saturated rings. The molecule has 0 bridgehead atoms. The zero-order valence-corrected chi connectivity index (χ0v) is 45.9. The summed E-state index contributed by atoms with van der Waals surface area (Å²) in [6.07, 6.45) is 0. The van der Waals surface area contributed by atoms with Crippen molar-refractivity contribution in [2.75, 3.05) is 111 Å². The van der Waals surface area contributed by atoms with Crippen LogP contribution < -0.4 is 65.6 Å². The molecule has 28 nitrogen and oxygen atoms in total. The highest BCUT2D eigenvalue weighted by atomic mass is 16.6. The van der Waals surface area contributed by atoms with Crippen LogP contribution in [0.2, 0.25) is 0 Å². The van der Waals surface area contributed by atoms with Gasteiger partial charge in [-0.2, -0.15) is 0 Å². The van der Waals surface area contributed by atoms with Crippen LogP contribution in [0.25, 0.3) is 0 Å². The lowest BCUT2D eigenvalue weighted by molar-refractivity contribution is -0.134. The Morgan fingerprint density at radius 3 is 0.864 bits per heavy atom. The fourth-order valence-corrected chi connectivity index (χ4v) is 7.71. The van der Waals surface area contributed by atoms with Crippen LogP contribution in [0, 0.1) is 0 Å². The van der Waals surface area contributed by atoms with E-state index in [-0.39, 0.29) is 135 Å². The van der Waals surface area contributed by atoms with Crippen molar-refractivity contribution in [1.82, 2.24) is 51.9 Å². The molecular weight excluding hydrogens is 1060 g/mol. The second-order valence-corrected chi connectivity index (χ2v) is 17.9. The van der Waals surface area contributed by atoms with E-state index in [1.54, 1.807) is 0 Å². The first-order valence-electron chi connectivity index (χ1n) is 25.6. The predicted octanol–water partition coefficient (Wildman–Crippen LogP) is -1.31. The fraction of sp³-hybridized carbons (Fsp3) is 0.434. The maximum absolute atomic E-state index is 13.5. The summed E-state index contributed by atoms with van der Waals surface area (Å²) in [6.45, 7) is 9.38. The summed E-state index contributed by atoms with van der Waals surface area (Å²) < 4.78 is 30.9. The largest absolute Gasteiger partial charge is 0.423 e. The fourth-order valence-electron chi connectivity index (χ4n) is 7.71. The Kier molecular flexibility index (Phi) is 26.8. The van der Waals surface area contributed by atoms with Crippen molar-refractivity contribution < 1.29 is 86.0 Å². The van der Waals surface area contributed by atoms with Crippen molar-refractivity contribution in [2.45, 2.75) is 41.5 Å². The van der Waals surface area contributed by atoms with Crippen molar-refractivity contribution in [2.24, 2.45) is 0 Å². The Labute approximate surface area is 466 Å². The molecule has 1 aliphatic rings. The van der Waals surface area contributed by atoms with E-state index in [2.05, 4.69) is 37.2 Å². The number of para-hydroxylation sites is 3. The summed E-state index contributed by atoms with van der Waals surface area (Å²) in [4.78, 5) is 155. The van der Waals surface area contributed by atoms with E-state index in [0.29, 0.717) is 39.3 Å². The number of nitrogens with zero attached hydrogens (tertiary/aromatic N) is 3. The molecule has 0 aromatic heterocycles. The highest BCUT2D eigenvalue weighted by Gasteiger charge is 2.25. The zero-order valence-electron chi connectivity index (χ0n) is 45.9. The van der Waals surface area contributed by atoms with Gasteiger partial charge in [-0.15, -0.1) is 0 Å². The molecule has 3 aromatic carbocycles. The standard InChI is InChI=1S/C53H68N10O18/c1-33(64)76-42-13-7-10-39(48(42)79-36(4)67)51(73)58-19-16-55-45(70)30-61-24-22-54-23-25-62(31-46(71)56-17-20-59-52(74)40-11-8-14-43(77-34(2)65)49(40)80-37(5)68)27-29-63(28-26-61)32-47(72)57-18-21-60-53(75)41-12-9-15-44(78-35(3)66)50(41)81-38(6)69/h7-15,54H,16-32H2,1-6H3,(H,55,70)(H,56,71)(H,57,72)(H,58,73)(H,59,74)(H,60,75). The second-order valence-electron chi connectivity index (χ2n) is 17.9. The van der Waals surface area contributed by atoms with E-state index in [9.17, 15) is 57.5 Å². The van der Waals surface area contributed by atoms with E-state index >= 15 is 0 Å². The number of benzene rings is 3. The molecule has 0 unspecified atom stereocenters. The van der Waals surface area contributed by atoms with Gasteiger partial charge in [0.2, 0.25) is 17.7 Å². The summed E-state index contributed by atoms with van der Waals surface area (Å²) in [5, 5.41) is 19.6. The monoisotopic (exact) mass is 1130 g/mol. The lowest BCUT2D eigenvalue weighted by atomic mass is 10.1. The minimum absolute atomic E-state index is 0.0157. The molecule has 0 aliphatic carbocycles. The second kappa shape index (κ2) is 33.5. The van der Waals surface area contributed by atoms with Gasteiger partial charge in [0.15, 0.2) is 34.5 Å². The molecule has 1 heterocycles.